The van der Waals surface area contributed by atoms with Gasteiger partial charge in [0.05, 0.1) is 0 Å². The van der Waals surface area contributed by atoms with Crippen molar-refractivity contribution in [3.63, 3.8) is 0 Å². The van der Waals surface area contributed by atoms with Crippen LogP contribution < -0.4 is 5.32 Å². The second-order valence-electron chi connectivity index (χ2n) is 5.15. The average molecular weight is 321 g/mol. The Labute approximate surface area is 130 Å². The summed E-state index contributed by atoms with van der Waals surface area (Å²) in [5.74, 6) is 0. The molecule has 1 saturated carbocycles. The van der Waals surface area contributed by atoms with E-state index >= 15 is 0 Å². The summed E-state index contributed by atoms with van der Waals surface area (Å²) in [7, 11) is 4.34. The van der Waals surface area contributed by atoms with Gasteiger partial charge in [-0.3, -0.25) is 4.90 Å². The summed E-state index contributed by atoms with van der Waals surface area (Å²) in [5.41, 5.74) is 0. The molecule has 1 heterocycles. The molecule has 2 aliphatic rings. The molecule has 2 fully saturated rings. The van der Waals surface area contributed by atoms with E-state index in [1.54, 1.807) is 0 Å². The third-order valence-corrected chi connectivity index (χ3v) is 4.11. The van der Waals surface area contributed by atoms with E-state index in [9.17, 15) is 0 Å². The topological polar surface area (TPSA) is 18.5 Å². The van der Waals surface area contributed by atoms with Crippen molar-refractivity contribution < 1.29 is 0 Å². The molecule has 0 spiro atoms. The molecule has 112 valence electrons. The quantitative estimate of drug-likeness (QED) is 0.840. The summed E-state index contributed by atoms with van der Waals surface area (Å²) >= 11 is 0. The molecule has 0 aromatic heterocycles. The predicted octanol–water partition coefficient (Wildman–Crippen LogP) is 2.03. The number of hydrogen-bond acceptors (Lipinski definition) is 3. The van der Waals surface area contributed by atoms with Gasteiger partial charge in [-0.15, -0.1) is 37.2 Å². The maximum absolute atomic E-state index is 3.44. The molecular formula is C12H28Cl3N3. The summed E-state index contributed by atoms with van der Waals surface area (Å²) in [5, 5.41) is 3.44. The largest absolute Gasteiger partial charge is 0.317 e. The molecule has 0 amide bonds. The molecule has 6 heteroatoms. The van der Waals surface area contributed by atoms with Crippen molar-refractivity contribution in [3.8, 4) is 0 Å². The highest BCUT2D eigenvalue weighted by atomic mass is 35.5. The lowest BCUT2D eigenvalue weighted by atomic mass is 9.89. The average Bonchev–Trinajstić information content (AvgIpc) is 2.30. The first-order valence-corrected chi connectivity index (χ1v) is 6.39. The van der Waals surface area contributed by atoms with Crippen molar-refractivity contribution in [1.82, 2.24) is 15.1 Å². The molecule has 3 nitrogen and oxygen atoms in total. The Bertz CT molecular complexity index is 199. The third kappa shape index (κ3) is 5.81. The van der Waals surface area contributed by atoms with Crippen LogP contribution in [0.1, 0.15) is 25.7 Å². The Balaban J connectivity index is 0. The zero-order valence-electron chi connectivity index (χ0n) is 11.4. The molecule has 0 radical (unpaired) electrons. The lowest BCUT2D eigenvalue weighted by Gasteiger charge is -2.41. The summed E-state index contributed by atoms with van der Waals surface area (Å²) in [6.45, 7) is 5.05. The number of hydrogen-bond donors (Lipinski definition) is 1. The Morgan fingerprint density at radius 1 is 0.944 bits per heavy atom. The van der Waals surface area contributed by atoms with Crippen LogP contribution in [0, 0.1) is 0 Å². The Morgan fingerprint density at radius 3 is 2.11 bits per heavy atom. The van der Waals surface area contributed by atoms with Crippen molar-refractivity contribution in [2.75, 3.05) is 40.3 Å². The molecule has 0 bridgehead atoms. The van der Waals surface area contributed by atoms with Crippen LogP contribution in [0.25, 0.3) is 0 Å². The van der Waals surface area contributed by atoms with Crippen LogP contribution >= 0.6 is 37.2 Å². The minimum atomic E-state index is 0. The number of rotatable bonds is 2. The second-order valence-corrected chi connectivity index (χ2v) is 5.15. The van der Waals surface area contributed by atoms with E-state index in [4.69, 9.17) is 0 Å². The van der Waals surface area contributed by atoms with E-state index < -0.39 is 0 Å². The van der Waals surface area contributed by atoms with E-state index in [2.05, 4.69) is 29.2 Å². The molecule has 1 saturated heterocycles. The molecule has 0 unspecified atom stereocenters. The number of halogens is 3. The predicted molar refractivity (Wildman–Crippen MR) is 85.9 cm³/mol. The molecule has 2 atom stereocenters. The van der Waals surface area contributed by atoms with Crippen molar-refractivity contribution in [1.29, 1.82) is 0 Å². The van der Waals surface area contributed by atoms with E-state index in [-0.39, 0.29) is 37.2 Å². The molecule has 0 aromatic carbocycles. The highest BCUT2D eigenvalue weighted by molar-refractivity contribution is 5.86. The van der Waals surface area contributed by atoms with Gasteiger partial charge in [0.25, 0.3) is 0 Å². The maximum Gasteiger partial charge on any atom is 0.0113 e. The fourth-order valence-electron chi connectivity index (χ4n) is 2.94. The summed E-state index contributed by atoms with van der Waals surface area (Å²) in [6.07, 6.45) is 5.56. The van der Waals surface area contributed by atoms with Crippen LogP contribution in [0.3, 0.4) is 0 Å². The Morgan fingerprint density at radius 2 is 1.56 bits per heavy atom. The summed E-state index contributed by atoms with van der Waals surface area (Å²) in [4.78, 5) is 5.15. The van der Waals surface area contributed by atoms with Gasteiger partial charge in [-0.1, -0.05) is 6.42 Å². The van der Waals surface area contributed by atoms with Crippen LogP contribution in [0.4, 0.5) is 0 Å². The lowest BCUT2D eigenvalue weighted by molar-refractivity contribution is 0.0837. The van der Waals surface area contributed by atoms with Gasteiger partial charge in [0, 0.05) is 38.3 Å². The normalized spacial score (nSPS) is 29.7. The number of piperazine rings is 1. The minimum absolute atomic E-state index is 0. The van der Waals surface area contributed by atoms with Gasteiger partial charge in [-0.05, 0) is 33.4 Å². The van der Waals surface area contributed by atoms with Crippen molar-refractivity contribution in [3.05, 3.63) is 0 Å². The maximum atomic E-state index is 3.44. The lowest BCUT2D eigenvalue weighted by Crippen LogP contribution is -2.51. The number of nitrogens with one attached hydrogen (secondary N) is 1. The Kier molecular flexibility index (Phi) is 12.3. The molecule has 1 N–H and O–H groups in total. The van der Waals surface area contributed by atoms with Crippen LogP contribution in [-0.2, 0) is 0 Å². The van der Waals surface area contributed by atoms with E-state index in [1.807, 2.05) is 0 Å². The zero-order valence-corrected chi connectivity index (χ0v) is 13.9. The van der Waals surface area contributed by atoms with Gasteiger partial charge in [-0.2, -0.15) is 0 Å². The van der Waals surface area contributed by atoms with Gasteiger partial charge in [-0.25, -0.2) is 0 Å². The van der Waals surface area contributed by atoms with Gasteiger partial charge in [0.2, 0.25) is 0 Å². The monoisotopic (exact) mass is 319 g/mol. The van der Waals surface area contributed by atoms with E-state index in [0.29, 0.717) is 0 Å². The number of likely N-dealkylation sites (N-methyl/N-ethyl adjacent to an activating group) is 1. The second kappa shape index (κ2) is 10.5. The SMILES string of the molecule is CN[C@@H]1CCC[C@H](N2CCN(C)CC2)C1.Cl.Cl.Cl. The van der Waals surface area contributed by atoms with Crippen LogP contribution in [0.5, 0.6) is 0 Å². The first-order chi connectivity index (χ1) is 7.29. The smallest absolute Gasteiger partial charge is 0.0113 e. The third-order valence-electron chi connectivity index (χ3n) is 4.11. The van der Waals surface area contributed by atoms with Crippen molar-refractivity contribution in [2.24, 2.45) is 0 Å². The van der Waals surface area contributed by atoms with Crippen LogP contribution in [0.2, 0.25) is 0 Å². The van der Waals surface area contributed by atoms with Crippen molar-refractivity contribution in [2.45, 2.75) is 37.8 Å². The molecule has 18 heavy (non-hydrogen) atoms. The van der Waals surface area contributed by atoms with Crippen molar-refractivity contribution >= 4 is 37.2 Å². The first-order valence-electron chi connectivity index (χ1n) is 6.39. The van der Waals surface area contributed by atoms with Crippen LogP contribution in [-0.4, -0.2) is 62.2 Å². The fraction of sp³-hybridized carbons (Fsp3) is 1.00. The van der Waals surface area contributed by atoms with Gasteiger partial charge in [0.1, 0.15) is 0 Å². The van der Waals surface area contributed by atoms with Gasteiger partial charge >= 0.3 is 0 Å². The summed E-state index contributed by atoms with van der Waals surface area (Å²) < 4.78 is 0. The highest BCUT2D eigenvalue weighted by Crippen LogP contribution is 2.23. The summed E-state index contributed by atoms with van der Waals surface area (Å²) in [6, 6.07) is 1.62. The van der Waals surface area contributed by atoms with Crippen LogP contribution in [0.15, 0.2) is 0 Å². The molecular weight excluding hydrogens is 293 g/mol. The number of nitrogens with zero attached hydrogens (tertiary/aromatic N) is 2. The fourth-order valence-corrected chi connectivity index (χ4v) is 2.94. The van der Waals surface area contributed by atoms with Gasteiger partial charge < -0.3 is 10.2 Å². The molecule has 1 aliphatic carbocycles. The highest BCUT2D eigenvalue weighted by Gasteiger charge is 2.27. The molecule has 2 rings (SSSR count). The Hall–Kier alpha value is 0.750. The van der Waals surface area contributed by atoms with E-state index in [0.717, 1.165) is 12.1 Å². The zero-order chi connectivity index (χ0) is 10.7. The van der Waals surface area contributed by atoms with Gasteiger partial charge in [0.15, 0.2) is 0 Å². The molecule has 0 aromatic rings. The first kappa shape index (κ1) is 21.1. The molecule has 1 aliphatic heterocycles. The van der Waals surface area contributed by atoms with E-state index in [1.165, 1.54) is 51.9 Å². The standard InChI is InChI=1S/C12H25N3.3ClH/c1-13-11-4-3-5-12(10-11)15-8-6-14(2)7-9-15;;;/h11-13H,3-10H2,1-2H3;3*1H/t11-,12+;;;/m1.../s1. The minimum Gasteiger partial charge on any atom is -0.317 e.